The summed E-state index contributed by atoms with van der Waals surface area (Å²) < 4.78 is 19.7. The van der Waals surface area contributed by atoms with Crippen LogP contribution in [-0.4, -0.2) is 48.8 Å². The first-order valence-electron chi connectivity index (χ1n) is 10.2. The van der Waals surface area contributed by atoms with E-state index in [2.05, 4.69) is 56.9 Å². The number of hydrogen-bond donors (Lipinski definition) is 1. The first kappa shape index (κ1) is 27.2. The summed E-state index contributed by atoms with van der Waals surface area (Å²) in [7, 11) is 0. The van der Waals surface area contributed by atoms with Gasteiger partial charge in [-0.15, -0.1) is 11.6 Å². The maximum absolute atomic E-state index is 9.03. The van der Waals surface area contributed by atoms with Crippen LogP contribution in [0.25, 0.3) is 0 Å². The molecule has 0 aliphatic carbocycles. The molecule has 0 aromatic rings. The molecule has 1 fully saturated rings. The van der Waals surface area contributed by atoms with Crippen LogP contribution in [-0.2, 0) is 14.2 Å². The number of halogens is 3. The van der Waals surface area contributed by atoms with Crippen LogP contribution in [0.5, 0.6) is 0 Å². The molecule has 2 atom stereocenters. The van der Waals surface area contributed by atoms with E-state index in [4.69, 9.17) is 30.9 Å². The topological polar surface area (TPSA) is 47.9 Å². The van der Waals surface area contributed by atoms with Crippen LogP contribution in [0.1, 0.15) is 57.8 Å². The molecule has 0 amide bonds. The van der Waals surface area contributed by atoms with Crippen molar-refractivity contribution in [2.24, 2.45) is 0 Å². The van der Waals surface area contributed by atoms with Crippen LogP contribution < -0.4 is 0 Å². The Morgan fingerprint density at radius 2 is 1.86 bits per heavy atom. The van der Waals surface area contributed by atoms with Crippen molar-refractivity contribution in [1.82, 2.24) is 0 Å². The molecule has 1 heterocycles. The van der Waals surface area contributed by atoms with Gasteiger partial charge in [-0.25, -0.2) is 0 Å². The third-order valence-corrected chi connectivity index (χ3v) is 5.49. The van der Waals surface area contributed by atoms with Crippen molar-refractivity contribution in [2.75, 3.05) is 26.4 Å². The fraction of sp³-hybridized carbons (Fsp3) is 0.727. The molecule has 0 radical (unpaired) electrons. The third-order valence-electron chi connectivity index (χ3n) is 4.39. The molecular formula is C22H33Br2ClO4. The molecule has 166 valence electrons. The van der Waals surface area contributed by atoms with Gasteiger partial charge in [-0.2, -0.15) is 0 Å². The van der Waals surface area contributed by atoms with Crippen molar-refractivity contribution in [2.45, 2.75) is 75.1 Å². The van der Waals surface area contributed by atoms with Crippen molar-refractivity contribution in [3.05, 3.63) is 22.1 Å². The Hall–Kier alpha value is 0.130. The predicted molar refractivity (Wildman–Crippen MR) is 127 cm³/mol. The Morgan fingerprint density at radius 3 is 2.48 bits per heavy atom. The summed E-state index contributed by atoms with van der Waals surface area (Å²) in [6.45, 7) is 9.56. The van der Waals surface area contributed by atoms with Crippen molar-refractivity contribution in [1.29, 1.82) is 0 Å². The molecule has 4 nitrogen and oxygen atoms in total. The maximum Gasteiger partial charge on any atom is 0.233 e. The normalized spacial score (nSPS) is 17.8. The number of allylic oxidation sites excluding steroid dienone is 2. The number of aliphatic hydroxyl groups excluding tert-OH is 1. The Bertz CT molecular complexity index is 553. The molecule has 0 spiro atoms. The van der Waals surface area contributed by atoms with Gasteiger partial charge in [0.1, 0.15) is 6.10 Å². The lowest BCUT2D eigenvalue weighted by molar-refractivity contribution is -0.233. The molecule has 0 bridgehead atoms. The van der Waals surface area contributed by atoms with Crippen molar-refractivity contribution in [3.8, 4) is 11.8 Å². The number of aliphatic hydroxyl groups is 1. The minimum Gasteiger partial charge on any atom is -0.396 e. The van der Waals surface area contributed by atoms with Crippen LogP contribution >= 0.6 is 43.5 Å². The minimum absolute atomic E-state index is 0.0268. The summed E-state index contributed by atoms with van der Waals surface area (Å²) in [6, 6.07) is 0. The standard InChI is InChI=1S/C22H33Br2ClO4/c1-18(23)7-3-4-11-22(28-15-6-16-29-22)12-10-21(27-14-5-13-26)9-8-20(25)17-19(2)24/h20-21,26H,1-9,11,13-17H2/t20-,21?/m1/s1. The summed E-state index contributed by atoms with van der Waals surface area (Å²) in [5, 5.41) is 9.00. The molecule has 1 aliphatic rings. The van der Waals surface area contributed by atoms with Crippen LogP contribution in [0.15, 0.2) is 22.1 Å². The molecule has 29 heavy (non-hydrogen) atoms. The number of rotatable bonds is 14. The lowest BCUT2D eigenvalue weighted by Crippen LogP contribution is -2.39. The highest BCUT2D eigenvalue weighted by Crippen LogP contribution is 2.26. The quantitative estimate of drug-likeness (QED) is 0.161. The highest BCUT2D eigenvalue weighted by Gasteiger charge is 2.32. The highest BCUT2D eigenvalue weighted by atomic mass is 79.9. The van der Waals surface area contributed by atoms with Gasteiger partial charge < -0.3 is 19.3 Å². The number of alkyl halides is 1. The van der Waals surface area contributed by atoms with E-state index in [1.807, 2.05) is 0 Å². The van der Waals surface area contributed by atoms with Crippen LogP contribution in [0.2, 0.25) is 0 Å². The fourth-order valence-electron chi connectivity index (χ4n) is 2.88. The van der Waals surface area contributed by atoms with E-state index in [9.17, 15) is 0 Å². The average molecular weight is 557 g/mol. The van der Waals surface area contributed by atoms with Crippen molar-refractivity contribution in [3.63, 3.8) is 0 Å². The van der Waals surface area contributed by atoms with Crippen LogP contribution in [0, 0.1) is 11.8 Å². The molecule has 1 N–H and O–H groups in total. The van der Waals surface area contributed by atoms with Gasteiger partial charge in [-0.3, -0.25) is 0 Å². The first-order valence-corrected chi connectivity index (χ1v) is 12.2. The Balaban J connectivity index is 2.73. The molecule has 1 aliphatic heterocycles. The monoisotopic (exact) mass is 554 g/mol. The molecule has 0 aromatic heterocycles. The van der Waals surface area contributed by atoms with E-state index in [1.54, 1.807) is 0 Å². The lowest BCUT2D eigenvalue weighted by atomic mass is 10.0. The molecule has 0 saturated carbocycles. The summed E-state index contributed by atoms with van der Waals surface area (Å²) in [6.07, 6.45) is 6.91. The van der Waals surface area contributed by atoms with E-state index in [0.717, 1.165) is 41.1 Å². The van der Waals surface area contributed by atoms with E-state index < -0.39 is 5.79 Å². The zero-order valence-electron chi connectivity index (χ0n) is 17.1. The second-order valence-electron chi connectivity index (χ2n) is 7.13. The number of unbranched alkanes of at least 4 members (excludes halogenated alkanes) is 1. The lowest BCUT2D eigenvalue weighted by Gasteiger charge is -2.33. The summed E-state index contributed by atoms with van der Waals surface area (Å²) in [5.74, 6) is 5.59. The number of hydrogen-bond acceptors (Lipinski definition) is 4. The molecule has 1 rings (SSSR count). The highest BCUT2D eigenvalue weighted by molar-refractivity contribution is 9.12. The second kappa shape index (κ2) is 15.9. The molecule has 1 saturated heterocycles. The minimum atomic E-state index is -0.866. The van der Waals surface area contributed by atoms with Gasteiger partial charge in [-0.05, 0) is 66.3 Å². The van der Waals surface area contributed by atoms with Gasteiger partial charge in [0, 0.05) is 18.4 Å². The Kier molecular flexibility index (Phi) is 14.9. The summed E-state index contributed by atoms with van der Waals surface area (Å²) in [5.41, 5.74) is 0. The molecule has 7 heteroatoms. The molecule has 1 unspecified atom stereocenters. The van der Waals surface area contributed by atoms with E-state index in [0.29, 0.717) is 45.5 Å². The predicted octanol–water partition coefficient (Wildman–Crippen LogP) is 6.05. The van der Waals surface area contributed by atoms with Gasteiger partial charge in [0.15, 0.2) is 0 Å². The van der Waals surface area contributed by atoms with Crippen LogP contribution in [0.3, 0.4) is 0 Å². The zero-order chi connectivity index (χ0) is 21.5. The summed E-state index contributed by atoms with van der Waals surface area (Å²) >= 11 is 13.1. The second-order valence-corrected chi connectivity index (χ2v) is 9.99. The first-order chi connectivity index (χ1) is 13.9. The fourth-order valence-corrected chi connectivity index (χ4v) is 4.05. The Labute approximate surface area is 197 Å². The van der Waals surface area contributed by atoms with Gasteiger partial charge in [0.05, 0.1) is 19.8 Å². The van der Waals surface area contributed by atoms with E-state index >= 15 is 0 Å². The van der Waals surface area contributed by atoms with Gasteiger partial charge in [-0.1, -0.05) is 50.9 Å². The molecular weight excluding hydrogens is 523 g/mol. The zero-order valence-corrected chi connectivity index (χ0v) is 21.0. The largest absolute Gasteiger partial charge is 0.396 e. The summed E-state index contributed by atoms with van der Waals surface area (Å²) in [4.78, 5) is 0. The maximum atomic E-state index is 9.03. The van der Waals surface area contributed by atoms with Gasteiger partial charge in [0.2, 0.25) is 5.79 Å². The third kappa shape index (κ3) is 13.2. The van der Waals surface area contributed by atoms with E-state index in [-0.39, 0.29) is 18.1 Å². The van der Waals surface area contributed by atoms with Gasteiger partial charge in [0.25, 0.3) is 0 Å². The van der Waals surface area contributed by atoms with E-state index in [1.165, 1.54) is 0 Å². The van der Waals surface area contributed by atoms with Gasteiger partial charge >= 0.3 is 0 Å². The SMILES string of the molecule is C=C(Br)CCCCC1(C#CC(CC[C@@H](Cl)CC(=C)Br)OCCCO)OCCCO1. The average Bonchev–Trinajstić information content (AvgIpc) is 2.67. The smallest absolute Gasteiger partial charge is 0.233 e. The van der Waals surface area contributed by atoms with Crippen molar-refractivity contribution >= 4 is 43.5 Å². The number of ether oxygens (including phenoxy) is 3. The van der Waals surface area contributed by atoms with Crippen LogP contribution in [0.4, 0.5) is 0 Å². The van der Waals surface area contributed by atoms with Crippen molar-refractivity contribution < 1.29 is 19.3 Å². The molecule has 0 aromatic carbocycles. The Morgan fingerprint density at radius 1 is 1.14 bits per heavy atom.